The Hall–Kier alpha value is -3.88. The third kappa shape index (κ3) is 5.31. The Balaban J connectivity index is 1.97. The molecular weight excluding hydrogens is 433 g/mol. The van der Waals surface area contributed by atoms with Crippen LogP contribution < -0.4 is 16.0 Å². The SMILES string of the molecule is CNC(=O)c1ccccc1Nc1cc(NC(=O)C(C)(C)c2ccccc2)ncc1C(F)(F)F. The number of para-hydroxylation sites is 1. The molecule has 0 aliphatic heterocycles. The molecule has 0 bridgehead atoms. The monoisotopic (exact) mass is 456 g/mol. The maximum absolute atomic E-state index is 13.6. The van der Waals surface area contributed by atoms with Gasteiger partial charge in [0.2, 0.25) is 5.91 Å². The number of rotatable bonds is 6. The normalized spacial score (nSPS) is 11.6. The maximum Gasteiger partial charge on any atom is 0.419 e. The van der Waals surface area contributed by atoms with Crippen LogP contribution in [0.5, 0.6) is 0 Å². The molecule has 0 spiro atoms. The zero-order chi connectivity index (χ0) is 24.2. The molecule has 6 nitrogen and oxygen atoms in total. The van der Waals surface area contributed by atoms with E-state index in [4.69, 9.17) is 0 Å². The third-order valence-corrected chi connectivity index (χ3v) is 5.18. The average Bonchev–Trinajstić information content (AvgIpc) is 2.79. The molecule has 0 saturated carbocycles. The van der Waals surface area contributed by atoms with Crippen LogP contribution in [-0.2, 0) is 16.4 Å². The zero-order valence-electron chi connectivity index (χ0n) is 18.2. The first-order valence-corrected chi connectivity index (χ1v) is 10.1. The summed E-state index contributed by atoms with van der Waals surface area (Å²) in [6, 6.07) is 16.3. The molecular formula is C24H23F3N4O2. The number of hydrogen-bond donors (Lipinski definition) is 3. The predicted molar refractivity (Wildman–Crippen MR) is 120 cm³/mol. The van der Waals surface area contributed by atoms with E-state index in [2.05, 4.69) is 20.9 Å². The van der Waals surface area contributed by atoms with E-state index in [9.17, 15) is 22.8 Å². The largest absolute Gasteiger partial charge is 0.419 e. The van der Waals surface area contributed by atoms with Gasteiger partial charge in [-0.3, -0.25) is 9.59 Å². The molecule has 9 heteroatoms. The van der Waals surface area contributed by atoms with Crippen LogP contribution >= 0.6 is 0 Å². The van der Waals surface area contributed by atoms with Crippen molar-refractivity contribution in [1.82, 2.24) is 10.3 Å². The Bertz CT molecular complexity index is 1160. The fourth-order valence-electron chi connectivity index (χ4n) is 3.18. The van der Waals surface area contributed by atoms with Crippen LogP contribution in [0.4, 0.5) is 30.4 Å². The number of aromatic nitrogens is 1. The van der Waals surface area contributed by atoms with Crippen molar-refractivity contribution in [3.63, 3.8) is 0 Å². The highest BCUT2D eigenvalue weighted by Gasteiger charge is 2.35. The first-order valence-electron chi connectivity index (χ1n) is 10.1. The zero-order valence-corrected chi connectivity index (χ0v) is 18.2. The fraction of sp³-hybridized carbons (Fsp3) is 0.208. The summed E-state index contributed by atoms with van der Waals surface area (Å²) >= 11 is 0. The van der Waals surface area contributed by atoms with Gasteiger partial charge in [0, 0.05) is 19.3 Å². The summed E-state index contributed by atoms with van der Waals surface area (Å²) in [4.78, 5) is 28.8. The summed E-state index contributed by atoms with van der Waals surface area (Å²) < 4.78 is 40.9. The van der Waals surface area contributed by atoms with Crippen LogP contribution in [0.25, 0.3) is 0 Å². The molecule has 3 rings (SSSR count). The van der Waals surface area contributed by atoms with Gasteiger partial charge in [-0.15, -0.1) is 0 Å². The Kier molecular flexibility index (Phi) is 6.71. The lowest BCUT2D eigenvalue weighted by Gasteiger charge is -2.24. The second-order valence-electron chi connectivity index (χ2n) is 7.81. The number of halogens is 3. The summed E-state index contributed by atoms with van der Waals surface area (Å²) in [5.74, 6) is -0.951. The number of alkyl halides is 3. The van der Waals surface area contributed by atoms with E-state index in [0.717, 1.165) is 11.6 Å². The summed E-state index contributed by atoms with van der Waals surface area (Å²) in [7, 11) is 1.43. The second-order valence-corrected chi connectivity index (χ2v) is 7.81. The van der Waals surface area contributed by atoms with Gasteiger partial charge in [-0.2, -0.15) is 13.2 Å². The molecule has 3 N–H and O–H groups in total. The van der Waals surface area contributed by atoms with E-state index >= 15 is 0 Å². The Morgan fingerprint density at radius 1 is 0.909 bits per heavy atom. The van der Waals surface area contributed by atoms with Crippen molar-refractivity contribution in [3.05, 3.63) is 83.6 Å². The Morgan fingerprint density at radius 3 is 2.18 bits per heavy atom. The van der Waals surface area contributed by atoms with Crippen LogP contribution in [0.2, 0.25) is 0 Å². The summed E-state index contributed by atoms with van der Waals surface area (Å²) in [6.45, 7) is 3.42. The van der Waals surface area contributed by atoms with Crippen molar-refractivity contribution in [2.45, 2.75) is 25.4 Å². The topological polar surface area (TPSA) is 83.1 Å². The molecule has 0 aliphatic rings. The summed E-state index contributed by atoms with van der Waals surface area (Å²) in [6.07, 6.45) is -4.06. The van der Waals surface area contributed by atoms with Gasteiger partial charge in [0.25, 0.3) is 5.91 Å². The van der Waals surface area contributed by atoms with Gasteiger partial charge >= 0.3 is 6.18 Å². The summed E-state index contributed by atoms with van der Waals surface area (Å²) in [5.41, 5.74) is -1.25. The fourth-order valence-corrected chi connectivity index (χ4v) is 3.18. The quantitative estimate of drug-likeness (QED) is 0.481. The highest BCUT2D eigenvalue weighted by atomic mass is 19.4. The van der Waals surface area contributed by atoms with E-state index in [-0.39, 0.29) is 22.8 Å². The average molecular weight is 456 g/mol. The first kappa shape index (κ1) is 23.8. The van der Waals surface area contributed by atoms with Crippen molar-refractivity contribution in [3.8, 4) is 0 Å². The van der Waals surface area contributed by atoms with Gasteiger partial charge in [-0.1, -0.05) is 42.5 Å². The van der Waals surface area contributed by atoms with Crippen LogP contribution in [-0.4, -0.2) is 23.8 Å². The number of amides is 2. The standard InChI is InChI=1S/C24H23F3N4O2/c1-23(2,15-9-5-4-6-10-15)22(33)31-20-13-19(17(14-29-20)24(25,26)27)30-18-12-8-7-11-16(18)21(32)28-3/h4-14H,1-3H3,(H,28,32)(H2,29,30,31,33). The Labute approximate surface area is 189 Å². The first-order chi connectivity index (χ1) is 15.5. The molecule has 1 aromatic heterocycles. The minimum atomic E-state index is -4.71. The van der Waals surface area contributed by atoms with Crippen LogP contribution in [0.3, 0.4) is 0 Å². The predicted octanol–water partition coefficient (Wildman–Crippen LogP) is 5.12. The van der Waals surface area contributed by atoms with E-state index < -0.39 is 29.0 Å². The van der Waals surface area contributed by atoms with Crippen molar-refractivity contribution >= 4 is 29.0 Å². The molecule has 2 amide bonds. The third-order valence-electron chi connectivity index (χ3n) is 5.18. The molecule has 0 fully saturated rings. The number of pyridine rings is 1. The number of benzene rings is 2. The van der Waals surface area contributed by atoms with Gasteiger partial charge in [0.15, 0.2) is 0 Å². The van der Waals surface area contributed by atoms with Gasteiger partial charge in [0.05, 0.1) is 27.9 Å². The number of nitrogens with one attached hydrogen (secondary N) is 3. The van der Waals surface area contributed by atoms with Gasteiger partial charge in [0.1, 0.15) is 5.82 Å². The van der Waals surface area contributed by atoms with Gasteiger partial charge < -0.3 is 16.0 Å². The van der Waals surface area contributed by atoms with E-state index in [1.165, 1.54) is 19.2 Å². The minimum absolute atomic E-state index is 0.0584. The van der Waals surface area contributed by atoms with Crippen molar-refractivity contribution in [2.24, 2.45) is 0 Å². The number of hydrogen-bond acceptors (Lipinski definition) is 4. The molecule has 2 aromatic carbocycles. The molecule has 1 heterocycles. The highest BCUT2D eigenvalue weighted by molar-refractivity contribution is 6.01. The number of anilines is 3. The van der Waals surface area contributed by atoms with Crippen LogP contribution in [0.1, 0.15) is 35.3 Å². The lowest BCUT2D eigenvalue weighted by molar-refractivity contribution is -0.137. The van der Waals surface area contributed by atoms with Gasteiger partial charge in [-0.05, 0) is 31.5 Å². The Morgan fingerprint density at radius 2 is 1.55 bits per heavy atom. The lowest BCUT2D eigenvalue weighted by atomic mass is 9.84. The van der Waals surface area contributed by atoms with Crippen LogP contribution in [0, 0.1) is 0 Å². The maximum atomic E-state index is 13.6. The number of carbonyl (C=O) groups is 2. The van der Waals surface area contributed by atoms with Crippen molar-refractivity contribution < 1.29 is 22.8 Å². The molecule has 0 atom stereocenters. The van der Waals surface area contributed by atoms with E-state index in [1.54, 1.807) is 50.2 Å². The molecule has 0 radical (unpaired) electrons. The van der Waals surface area contributed by atoms with Crippen molar-refractivity contribution in [2.75, 3.05) is 17.7 Å². The molecule has 172 valence electrons. The van der Waals surface area contributed by atoms with Crippen LogP contribution in [0.15, 0.2) is 66.9 Å². The van der Waals surface area contributed by atoms with Crippen molar-refractivity contribution in [1.29, 1.82) is 0 Å². The number of nitrogens with zero attached hydrogens (tertiary/aromatic N) is 1. The molecule has 33 heavy (non-hydrogen) atoms. The summed E-state index contributed by atoms with van der Waals surface area (Å²) in [5, 5.41) is 7.72. The van der Waals surface area contributed by atoms with E-state index in [0.29, 0.717) is 6.20 Å². The smallest absolute Gasteiger partial charge is 0.355 e. The van der Waals surface area contributed by atoms with E-state index in [1.807, 2.05) is 6.07 Å². The molecule has 3 aromatic rings. The molecule has 0 saturated heterocycles. The number of carbonyl (C=O) groups excluding carboxylic acids is 2. The molecule has 0 unspecified atom stereocenters. The minimum Gasteiger partial charge on any atom is -0.355 e. The second kappa shape index (κ2) is 9.32. The molecule has 0 aliphatic carbocycles. The highest BCUT2D eigenvalue weighted by Crippen LogP contribution is 2.37. The lowest BCUT2D eigenvalue weighted by Crippen LogP contribution is -2.35. The van der Waals surface area contributed by atoms with Gasteiger partial charge in [-0.25, -0.2) is 4.98 Å².